The number of hydrogen-bond acceptors (Lipinski definition) is 3. The van der Waals surface area contributed by atoms with E-state index in [1.807, 2.05) is 26.0 Å². The lowest BCUT2D eigenvalue weighted by Crippen LogP contribution is -1.97. The molecule has 0 atom stereocenters. The number of ether oxygens (including phenoxy) is 1. The van der Waals surface area contributed by atoms with E-state index in [0.29, 0.717) is 0 Å². The summed E-state index contributed by atoms with van der Waals surface area (Å²) in [5.41, 5.74) is 0. The van der Waals surface area contributed by atoms with E-state index in [4.69, 9.17) is 14.9 Å². The van der Waals surface area contributed by atoms with Gasteiger partial charge in [-0.2, -0.15) is 0 Å². The van der Waals surface area contributed by atoms with Crippen LogP contribution >= 0.6 is 0 Å². The monoisotopic (exact) mass is 184 g/mol. The molecule has 0 unspecified atom stereocenters. The Balaban J connectivity index is 0. The normalized spacial score (nSPS) is 9.38. The lowest BCUT2D eigenvalue weighted by atomic mass is 10.6. The minimum Gasteiger partial charge on any atom is -0.473 e. The van der Waals surface area contributed by atoms with Crippen molar-refractivity contribution in [3.8, 4) is 11.8 Å². The van der Waals surface area contributed by atoms with Gasteiger partial charge in [-0.3, -0.25) is 0 Å². The summed E-state index contributed by atoms with van der Waals surface area (Å²) in [6.07, 6.45) is 5.45. The predicted molar refractivity (Wildman–Crippen MR) is 52.4 cm³/mol. The fraction of sp³-hybridized carbons (Fsp3) is 0.400. The second-order valence-electron chi connectivity index (χ2n) is 1.84. The lowest BCUT2D eigenvalue weighted by Gasteiger charge is -1.82. The van der Waals surface area contributed by atoms with Crippen molar-refractivity contribution < 1.29 is 14.9 Å². The molecule has 0 aromatic carbocycles. The first-order valence-corrected chi connectivity index (χ1v) is 3.85. The van der Waals surface area contributed by atoms with E-state index >= 15 is 0 Å². The molecule has 0 aliphatic carbocycles. The zero-order chi connectivity index (χ0) is 10.5. The van der Waals surface area contributed by atoms with Gasteiger partial charge in [-0.15, -0.1) is 5.92 Å². The molecule has 0 fully saturated rings. The molecular weight excluding hydrogens is 168 g/mol. The van der Waals surface area contributed by atoms with Crippen LogP contribution < -0.4 is 0 Å². The van der Waals surface area contributed by atoms with E-state index < -0.39 is 6.29 Å². The number of hydrogen-bond donors (Lipinski definition) is 2. The van der Waals surface area contributed by atoms with E-state index in [0.717, 1.165) is 0 Å². The average molecular weight is 184 g/mol. The smallest absolute Gasteiger partial charge is 0.217 e. The fourth-order valence-electron chi connectivity index (χ4n) is 0.332. The number of allylic oxidation sites excluding steroid dienone is 2. The van der Waals surface area contributed by atoms with Gasteiger partial charge >= 0.3 is 0 Å². The molecule has 13 heavy (non-hydrogen) atoms. The maximum absolute atomic E-state index is 7.93. The van der Waals surface area contributed by atoms with Crippen LogP contribution in [-0.4, -0.2) is 16.5 Å². The highest BCUT2D eigenvalue weighted by Gasteiger charge is 1.79. The van der Waals surface area contributed by atoms with Gasteiger partial charge in [0.25, 0.3) is 0 Å². The van der Waals surface area contributed by atoms with Gasteiger partial charge in [-0.05, 0) is 26.7 Å². The Morgan fingerprint density at radius 3 is 1.77 bits per heavy atom. The van der Waals surface area contributed by atoms with Crippen LogP contribution in [0.4, 0.5) is 0 Å². The molecule has 0 aliphatic rings. The molecule has 0 rings (SSSR count). The molecule has 3 heteroatoms. The van der Waals surface area contributed by atoms with Gasteiger partial charge in [0.05, 0.1) is 12.5 Å². The predicted octanol–water partition coefficient (Wildman–Crippen LogP) is 1.39. The second kappa shape index (κ2) is 13.4. The van der Waals surface area contributed by atoms with Crippen molar-refractivity contribution in [3.05, 3.63) is 24.7 Å². The van der Waals surface area contributed by atoms with Crippen molar-refractivity contribution >= 4 is 0 Å². The minimum atomic E-state index is -1.46. The number of aliphatic hydroxyl groups is 2. The number of aliphatic hydroxyl groups excluding tert-OH is 1. The molecule has 0 aromatic rings. The summed E-state index contributed by atoms with van der Waals surface area (Å²) in [5.74, 6) is 4.39. The van der Waals surface area contributed by atoms with E-state index in [-0.39, 0.29) is 0 Å². The molecule has 74 valence electrons. The molecular formula is C10H16O3. The zero-order valence-electron chi connectivity index (χ0n) is 8.19. The molecule has 0 radical (unpaired) electrons. The third-order valence-electron chi connectivity index (χ3n) is 0.703. The largest absolute Gasteiger partial charge is 0.473 e. The molecule has 0 spiro atoms. The van der Waals surface area contributed by atoms with E-state index in [1.54, 1.807) is 19.4 Å². The molecule has 0 bridgehead atoms. The summed E-state index contributed by atoms with van der Waals surface area (Å²) in [5, 5.41) is 15.9. The first-order valence-electron chi connectivity index (χ1n) is 3.85. The van der Waals surface area contributed by atoms with Crippen molar-refractivity contribution in [2.75, 3.05) is 0 Å². The standard InChI is InChI=1S/C6H10O.C4H6O2/c1-3-5-7-6-4-2;1-2-3-4(5)6/h3-6H,1-2H3;4-6H,1H3. The van der Waals surface area contributed by atoms with Gasteiger partial charge in [0.2, 0.25) is 6.29 Å². The van der Waals surface area contributed by atoms with Crippen LogP contribution in [0.2, 0.25) is 0 Å². The Morgan fingerprint density at radius 1 is 1.15 bits per heavy atom. The molecule has 3 nitrogen and oxygen atoms in total. The second-order valence-corrected chi connectivity index (χ2v) is 1.84. The molecule has 0 aliphatic heterocycles. The Labute approximate surface area is 79.4 Å². The summed E-state index contributed by atoms with van der Waals surface area (Å²) < 4.78 is 4.77. The highest BCUT2D eigenvalue weighted by molar-refractivity contribution is 4.96. The zero-order valence-corrected chi connectivity index (χ0v) is 8.19. The van der Waals surface area contributed by atoms with Crippen LogP contribution in [0.25, 0.3) is 0 Å². The minimum absolute atomic E-state index is 1.46. The van der Waals surface area contributed by atoms with Crippen molar-refractivity contribution in [2.24, 2.45) is 0 Å². The van der Waals surface area contributed by atoms with Crippen LogP contribution in [0.3, 0.4) is 0 Å². The van der Waals surface area contributed by atoms with Crippen molar-refractivity contribution in [3.63, 3.8) is 0 Å². The topological polar surface area (TPSA) is 49.7 Å². The Kier molecular flexibility index (Phi) is 14.7. The van der Waals surface area contributed by atoms with Gasteiger partial charge in [-0.1, -0.05) is 12.2 Å². The van der Waals surface area contributed by atoms with Gasteiger partial charge in [0.1, 0.15) is 0 Å². The van der Waals surface area contributed by atoms with Crippen molar-refractivity contribution in [1.29, 1.82) is 0 Å². The Hall–Kier alpha value is -1.24. The molecule has 0 saturated heterocycles. The molecule has 0 aromatic heterocycles. The molecule has 0 amide bonds. The fourth-order valence-corrected chi connectivity index (χ4v) is 0.332. The SMILES string of the molecule is CC#CC(O)O.CC=COC=CC. The summed E-state index contributed by atoms with van der Waals surface area (Å²) in [6, 6.07) is 0. The first kappa shape index (κ1) is 14.3. The van der Waals surface area contributed by atoms with Gasteiger partial charge in [0.15, 0.2) is 0 Å². The Morgan fingerprint density at radius 2 is 1.62 bits per heavy atom. The highest BCUT2D eigenvalue weighted by atomic mass is 16.5. The van der Waals surface area contributed by atoms with Crippen LogP contribution in [-0.2, 0) is 4.74 Å². The van der Waals surface area contributed by atoms with E-state index in [2.05, 4.69) is 11.8 Å². The quantitative estimate of drug-likeness (QED) is 0.387. The lowest BCUT2D eigenvalue weighted by molar-refractivity contribution is 0.0108. The van der Waals surface area contributed by atoms with Gasteiger partial charge in [0, 0.05) is 0 Å². The summed E-state index contributed by atoms with van der Waals surface area (Å²) in [7, 11) is 0. The first-order chi connectivity index (χ1) is 6.18. The van der Waals surface area contributed by atoms with E-state index in [1.165, 1.54) is 0 Å². The van der Waals surface area contributed by atoms with Crippen LogP contribution in [0.5, 0.6) is 0 Å². The average Bonchev–Trinajstić information content (AvgIpc) is 2.06. The summed E-state index contributed by atoms with van der Waals surface area (Å²) >= 11 is 0. The summed E-state index contributed by atoms with van der Waals surface area (Å²) in [6.45, 7) is 5.35. The number of rotatable bonds is 2. The maximum atomic E-state index is 7.93. The Bertz CT molecular complexity index is 184. The van der Waals surface area contributed by atoms with Gasteiger partial charge in [-0.25, -0.2) is 0 Å². The summed E-state index contributed by atoms with van der Waals surface area (Å²) in [4.78, 5) is 0. The molecule has 2 N–H and O–H groups in total. The van der Waals surface area contributed by atoms with Crippen LogP contribution in [0, 0.1) is 11.8 Å². The maximum Gasteiger partial charge on any atom is 0.217 e. The molecule has 0 saturated carbocycles. The third-order valence-corrected chi connectivity index (χ3v) is 0.703. The van der Waals surface area contributed by atoms with Crippen molar-refractivity contribution in [2.45, 2.75) is 27.1 Å². The molecule has 0 heterocycles. The third kappa shape index (κ3) is 24.9. The van der Waals surface area contributed by atoms with Crippen molar-refractivity contribution in [1.82, 2.24) is 0 Å². The highest BCUT2D eigenvalue weighted by Crippen LogP contribution is 1.76. The van der Waals surface area contributed by atoms with E-state index in [9.17, 15) is 0 Å². The van der Waals surface area contributed by atoms with Crippen LogP contribution in [0.15, 0.2) is 24.7 Å². The van der Waals surface area contributed by atoms with Gasteiger partial charge < -0.3 is 14.9 Å². The van der Waals surface area contributed by atoms with Crippen LogP contribution in [0.1, 0.15) is 20.8 Å².